The van der Waals surface area contributed by atoms with E-state index in [1.165, 1.54) is 0 Å². The van der Waals surface area contributed by atoms with E-state index in [0.717, 1.165) is 28.3 Å². The summed E-state index contributed by atoms with van der Waals surface area (Å²) in [4.78, 5) is 0. The zero-order valence-corrected chi connectivity index (χ0v) is 14.6. The van der Waals surface area contributed by atoms with Crippen LogP contribution in [0.25, 0.3) is 0 Å². The Kier molecular flexibility index (Phi) is 5.54. The Morgan fingerprint density at radius 3 is 2.70 bits per heavy atom. The predicted octanol–water partition coefficient (Wildman–Crippen LogP) is 5.45. The molecule has 0 fully saturated rings. The Balaban J connectivity index is 1.94. The quantitative estimate of drug-likeness (QED) is 0.697. The zero-order chi connectivity index (χ0) is 14.5. The lowest BCUT2D eigenvalue weighted by molar-refractivity contribution is 0.271. The minimum absolute atomic E-state index is 0.518. The van der Waals surface area contributed by atoms with Crippen LogP contribution in [-0.2, 0) is 6.54 Å². The van der Waals surface area contributed by atoms with Crippen LogP contribution in [0.1, 0.15) is 19.6 Å². The summed E-state index contributed by atoms with van der Waals surface area (Å²) in [5.74, 6) is 2.26. The van der Waals surface area contributed by atoms with Gasteiger partial charge in [-0.2, -0.15) is 0 Å². The lowest BCUT2D eigenvalue weighted by Gasteiger charge is -2.10. The maximum Gasteiger partial charge on any atom is 0.183 e. The first-order valence-corrected chi connectivity index (χ1v) is 8.03. The van der Waals surface area contributed by atoms with Crippen LogP contribution in [0.3, 0.4) is 0 Å². The molecule has 2 rings (SSSR count). The zero-order valence-electron chi connectivity index (χ0n) is 11.5. The van der Waals surface area contributed by atoms with Crippen LogP contribution in [0.2, 0.25) is 0 Å². The first kappa shape index (κ1) is 15.4. The van der Waals surface area contributed by atoms with Crippen molar-refractivity contribution >= 4 is 37.5 Å². The SMILES string of the molecule is CC(C)COc1cccc(NCc2cc(Br)c(Br)o2)c1. The molecule has 0 amide bonds. The van der Waals surface area contributed by atoms with Crippen molar-refractivity contribution in [1.82, 2.24) is 0 Å². The minimum atomic E-state index is 0.518. The summed E-state index contributed by atoms with van der Waals surface area (Å²) in [5.41, 5.74) is 1.01. The van der Waals surface area contributed by atoms with Gasteiger partial charge in [-0.15, -0.1) is 0 Å². The third-order valence-electron chi connectivity index (χ3n) is 2.58. The Morgan fingerprint density at radius 2 is 2.05 bits per heavy atom. The van der Waals surface area contributed by atoms with Gasteiger partial charge in [-0.25, -0.2) is 0 Å². The molecule has 0 bridgehead atoms. The molecule has 5 heteroatoms. The number of nitrogens with one attached hydrogen (secondary N) is 1. The Hall–Kier alpha value is -0.940. The highest BCUT2D eigenvalue weighted by Crippen LogP contribution is 2.27. The molecule has 20 heavy (non-hydrogen) atoms. The minimum Gasteiger partial charge on any atom is -0.493 e. The van der Waals surface area contributed by atoms with Gasteiger partial charge in [0, 0.05) is 11.8 Å². The average molecular weight is 403 g/mol. The first-order chi connectivity index (χ1) is 9.54. The Labute approximate surface area is 136 Å². The van der Waals surface area contributed by atoms with Crippen LogP contribution in [-0.4, -0.2) is 6.61 Å². The van der Waals surface area contributed by atoms with Gasteiger partial charge in [0.2, 0.25) is 0 Å². The van der Waals surface area contributed by atoms with Crippen LogP contribution in [0, 0.1) is 5.92 Å². The second kappa shape index (κ2) is 7.18. The van der Waals surface area contributed by atoms with Crippen LogP contribution in [0.4, 0.5) is 5.69 Å². The number of hydrogen-bond acceptors (Lipinski definition) is 3. The van der Waals surface area contributed by atoms with Gasteiger partial charge in [0.05, 0.1) is 17.6 Å². The topological polar surface area (TPSA) is 34.4 Å². The van der Waals surface area contributed by atoms with Crippen molar-refractivity contribution in [2.75, 3.05) is 11.9 Å². The summed E-state index contributed by atoms with van der Waals surface area (Å²) in [6.45, 7) is 5.61. The molecule has 1 heterocycles. The number of rotatable bonds is 6. The van der Waals surface area contributed by atoms with Gasteiger partial charge in [0.1, 0.15) is 11.5 Å². The van der Waals surface area contributed by atoms with E-state index >= 15 is 0 Å². The molecule has 0 aliphatic heterocycles. The standard InChI is InChI=1S/C15H17Br2NO2/c1-10(2)9-19-12-5-3-4-11(6-12)18-8-13-7-14(16)15(17)20-13/h3-7,10,18H,8-9H2,1-2H3. The van der Waals surface area contributed by atoms with Crippen molar-refractivity contribution in [2.24, 2.45) is 5.92 Å². The molecule has 0 aliphatic rings. The molecule has 0 unspecified atom stereocenters. The van der Waals surface area contributed by atoms with Crippen molar-refractivity contribution in [3.63, 3.8) is 0 Å². The largest absolute Gasteiger partial charge is 0.493 e. The van der Waals surface area contributed by atoms with Crippen molar-refractivity contribution in [3.05, 3.63) is 45.2 Å². The summed E-state index contributed by atoms with van der Waals surface area (Å²) in [6.07, 6.45) is 0. The number of halogens is 2. The monoisotopic (exact) mass is 401 g/mol. The van der Waals surface area contributed by atoms with Gasteiger partial charge >= 0.3 is 0 Å². The van der Waals surface area contributed by atoms with Gasteiger partial charge in [0.15, 0.2) is 4.67 Å². The van der Waals surface area contributed by atoms with Gasteiger partial charge in [-0.1, -0.05) is 19.9 Å². The fraction of sp³-hybridized carbons (Fsp3) is 0.333. The van der Waals surface area contributed by atoms with Crippen LogP contribution >= 0.6 is 31.9 Å². The van der Waals surface area contributed by atoms with E-state index in [1.54, 1.807) is 0 Å². The fourth-order valence-corrected chi connectivity index (χ4v) is 2.29. The smallest absolute Gasteiger partial charge is 0.183 e. The third-order valence-corrected chi connectivity index (χ3v) is 4.29. The molecule has 0 atom stereocenters. The van der Waals surface area contributed by atoms with Crippen LogP contribution in [0.15, 0.2) is 43.9 Å². The molecule has 1 aromatic carbocycles. The summed E-state index contributed by atoms with van der Waals surface area (Å²) in [6, 6.07) is 9.89. The van der Waals surface area contributed by atoms with Gasteiger partial charge in [0.25, 0.3) is 0 Å². The predicted molar refractivity (Wildman–Crippen MR) is 88.2 cm³/mol. The molecule has 0 spiro atoms. The fourth-order valence-electron chi connectivity index (χ4n) is 1.63. The van der Waals surface area contributed by atoms with Crippen molar-refractivity contribution in [1.29, 1.82) is 0 Å². The number of anilines is 1. The van der Waals surface area contributed by atoms with Crippen LogP contribution < -0.4 is 10.1 Å². The number of hydrogen-bond donors (Lipinski definition) is 1. The van der Waals surface area contributed by atoms with Gasteiger partial charge in [-0.05, 0) is 56.0 Å². The van der Waals surface area contributed by atoms with E-state index in [4.69, 9.17) is 9.15 Å². The lowest BCUT2D eigenvalue weighted by atomic mass is 10.2. The second-order valence-corrected chi connectivity index (χ2v) is 6.50. The molecule has 0 radical (unpaired) electrons. The maximum atomic E-state index is 5.70. The summed E-state index contributed by atoms with van der Waals surface area (Å²) in [7, 11) is 0. The number of furan rings is 1. The number of ether oxygens (including phenoxy) is 1. The van der Waals surface area contributed by atoms with Crippen molar-refractivity contribution in [2.45, 2.75) is 20.4 Å². The van der Waals surface area contributed by atoms with E-state index in [1.807, 2.05) is 30.3 Å². The van der Waals surface area contributed by atoms with E-state index in [-0.39, 0.29) is 0 Å². The third kappa shape index (κ3) is 4.56. The Bertz CT molecular complexity index is 547. The lowest BCUT2D eigenvalue weighted by Crippen LogP contribution is -2.05. The molecule has 0 aliphatic carbocycles. The summed E-state index contributed by atoms with van der Waals surface area (Å²) < 4.78 is 12.9. The highest BCUT2D eigenvalue weighted by molar-refractivity contribution is 9.13. The molecule has 1 N–H and O–H groups in total. The van der Waals surface area contributed by atoms with Gasteiger partial charge < -0.3 is 14.5 Å². The molecular weight excluding hydrogens is 386 g/mol. The molecule has 0 saturated heterocycles. The maximum absolute atomic E-state index is 5.70. The summed E-state index contributed by atoms with van der Waals surface area (Å²) in [5, 5.41) is 3.31. The normalized spacial score (nSPS) is 10.8. The molecular formula is C15H17Br2NO2. The van der Waals surface area contributed by atoms with Crippen molar-refractivity contribution in [3.8, 4) is 5.75 Å². The second-order valence-electron chi connectivity index (χ2n) is 4.92. The van der Waals surface area contributed by atoms with Gasteiger partial charge in [-0.3, -0.25) is 0 Å². The average Bonchev–Trinajstić information content (AvgIpc) is 2.74. The molecule has 108 valence electrons. The van der Waals surface area contributed by atoms with E-state index in [0.29, 0.717) is 17.1 Å². The summed E-state index contributed by atoms with van der Waals surface area (Å²) >= 11 is 6.73. The van der Waals surface area contributed by atoms with Crippen LogP contribution in [0.5, 0.6) is 5.75 Å². The first-order valence-electron chi connectivity index (χ1n) is 6.45. The Morgan fingerprint density at radius 1 is 1.25 bits per heavy atom. The molecule has 2 aromatic rings. The highest BCUT2D eigenvalue weighted by atomic mass is 79.9. The van der Waals surface area contributed by atoms with E-state index < -0.39 is 0 Å². The van der Waals surface area contributed by atoms with E-state index in [9.17, 15) is 0 Å². The molecule has 0 saturated carbocycles. The molecule has 3 nitrogen and oxygen atoms in total. The molecule has 1 aromatic heterocycles. The van der Waals surface area contributed by atoms with Crippen molar-refractivity contribution < 1.29 is 9.15 Å². The highest BCUT2D eigenvalue weighted by Gasteiger charge is 2.06. The van der Waals surface area contributed by atoms with E-state index in [2.05, 4.69) is 51.0 Å². The number of benzene rings is 1.